The van der Waals surface area contributed by atoms with Gasteiger partial charge in [-0.25, -0.2) is 4.39 Å². The van der Waals surface area contributed by atoms with E-state index >= 15 is 0 Å². The van der Waals surface area contributed by atoms with Gasteiger partial charge in [0.15, 0.2) is 11.2 Å². The minimum Gasteiger partial charge on any atom is -0.480 e. The molecular weight excluding hydrogens is 319 g/mol. The van der Waals surface area contributed by atoms with Crippen molar-refractivity contribution in [3.8, 4) is 0 Å². The van der Waals surface area contributed by atoms with Crippen molar-refractivity contribution in [3.63, 3.8) is 0 Å². The van der Waals surface area contributed by atoms with Crippen LogP contribution in [0.15, 0.2) is 22.7 Å². The highest BCUT2D eigenvalue weighted by Gasteiger charge is 2.48. The maximum absolute atomic E-state index is 13.7. The van der Waals surface area contributed by atoms with E-state index in [-0.39, 0.29) is 31.6 Å². The quantitative estimate of drug-likeness (QED) is 0.863. The van der Waals surface area contributed by atoms with Gasteiger partial charge < -0.3 is 9.84 Å². The number of rotatable bonds is 3. The molecule has 1 heterocycles. The van der Waals surface area contributed by atoms with Gasteiger partial charge in [-0.2, -0.15) is 0 Å². The second kappa shape index (κ2) is 5.38. The Kier molecular flexibility index (Phi) is 4.01. The van der Waals surface area contributed by atoms with Gasteiger partial charge in [0.1, 0.15) is 5.82 Å². The lowest BCUT2D eigenvalue weighted by Gasteiger charge is -2.31. The van der Waals surface area contributed by atoms with Crippen LogP contribution in [-0.4, -0.2) is 30.1 Å². The Balaban J connectivity index is 2.38. The molecule has 1 aliphatic rings. The van der Waals surface area contributed by atoms with E-state index in [1.807, 2.05) is 0 Å². The van der Waals surface area contributed by atoms with E-state index in [1.54, 1.807) is 0 Å². The number of ketones is 1. The Morgan fingerprint density at radius 2 is 2.26 bits per heavy atom. The van der Waals surface area contributed by atoms with Crippen LogP contribution in [0.3, 0.4) is 0 Å². The molecule has 19 heavy (non-hydrogen) atoms. The summed E-state index contributed by atoms with van der Waals surface area (Å²) in [5.74, 6) is -2.20. The van der Waals surface area contributed by atoms with Gasteiger partial charge >= 0.3 is 5.97 Å². The van der Waals surface area contributed by atoms with Gasteiger partial charge in [-0.05, 0) is 23.8 Å². The van der Waals surface area contributed by atoms with Gasteiger partial charge in [0.2, 0.25) is 0 Å². The van der Waals surface area contributed by atoms with E-state index in [0.717, 1.165) is 0 Å². The lowest BCUT2D eigenvalue weighted by atomic mass is 9.76. The molecule has 1 fully saturated rings. The highest BCUT2D eigenvalue weighted by Crippen LogP contribution is 2.32. The smallest absolute Gasteiger partial charge is 0.319 e. The summed E-state index contributed by atoms with van der Waals surface area (Å²) >= 11 is 3.20. The first kappa shape index (κ1) is 14.1. The van der Waals surface area contributed by atoms with Gasteiger partial charge in [-0.3, -0.25) is 9.59 Å². The van der Waals surface area contributed by atoms with Crippen LogP contribution >= 0.6 is 15.9 Å². The molecule has 0 radical (unpaired) electrons. The summed E-state index contributed by atoms with van der Waals surface area (Å²) in [5, 5.41) is 9.35. The van der Waals surface area contributed by atoms with Crippen molar-refractivity contribution >= 4 is 27.7 Å². The maximum atomic E-state index is 13.7. The molecule has 0 amide bonds. The monoisotopic (exact) mass is 330 g/mol. The number of carboxylic acid groups (broad SMARTS) is 1. The van der Waals surface area contributed by atoms with E-state index in [0.29, 0.717) is 4.47 Å². The summed E-state index contributed by atoms with van der Waals surface area (Å²) in [7, 11) is 0. The number of hydrogen-bond acceptors (Lipinski definition) is 3. The van der Waals surface area contributed by atoms with Crippen LogP contribution in [0.4, 0.5) is 4.39 Å². The Labute approximate surface area is 117 Å². The zero-order valence-corrected chi connectivity index (χ0v) is 11.6. The first-order valence-corrected chi connectivity index (χ1v) is 6.53. The highest BCUT2D eigenvalue weighted by molar-refractivity contribution is 9.10. The Morgan fingerprint density at radius 3 is 2.89 bits per heavy atom. The molecule has 0 aliphatic carbocycles. The molecular formula is C13H12BrFO4. The summed E-state index contributed by atoms with van der Waals surface area (Å²) in [6.07, 6.45) is -0.158. The van der Waals surface area contributed by atoms with Crippen LogP contribution in [0.1, 0.15) is 12.0 Å². The first-order chi connectivity index (χ1) is 8.95. The average Bonchev–Trinajstić information content (AvgIpc) is 2.36. The van der Waals surface area contributed by atoms with Gasteiger partial charge in [-0.15, -0.1) is 0 Å². The number of aliphatic carboxylic acids is 1. The fraction of sp³-hybridized carbons (Fsp3) is 0.385. The third-order valence-corrected chi connectivity index (χ3v) is 3.76. The molecule has 102 valence electrons. The van der Waals surface area contributed by atoms with Crippen LogP contribution < -0.4 is 0 Å². The third kappa shape index (κ3) is 2.69. The topological polar surface area (TPSA) is 63.6 Å². The van der Waals surface area contributed by atoms with Crippen molar-refractivity contribution in [2.24, 2.45) is 5.41 Å². The van der Waals surface area contributed by atoms with Crippen molar-refractivity contribution in [1.29, 1.82) is 0 Å². The van der Waals surface area contributed by atoms with Crippen LogP contribution in [0.25, 0.3) is 0 Å². The van der Waals surface area contributed by atoms with Crippen LogP contribution in [-0.2, 0) is 20.7 Å². The van der Waals surface area contributed by atoms with Gasteiger partial charge in [0, 0.05) is 17.3 Å². The fourth-order valence-electron chi connectivity index (χ4n) is 2.14. The lowest BCUT2D eigenvalue weighted by molar-refractivity contribution is -0.164. The third-order valence-electron chi connectivity index (χ3n) is 3.27. The largest absolute Gasteiger partial charge is 0.480 e. The number of ether oxygens (including phenoxy) is 1. The summed E-state index contributed by atoms with van der Waals surface area (Å²) in [5.41, 5.74) is -1.49. The highest BCUT2D eigenvalue weighted by atomic mass is 79.9. The number of Topliss-reactive ketones (excluding diaryl/α,β-unsaturated/α-hetero) is 1. The molecule has 1 atom stereocenters. The van der Waals surface area contributed by atoms with Crippen molar-refractivity contribution in [2.75, 3.05) is 13.2 Å². The zero-order chi connectivity index (χ0) is 14.0. The Morgan fingerprint density at radius 1 is 1.53 bits per heavy atom. The molecule has 1 aromatic carbocycles. The number of benzene rings is 1. The fourth-order valence-corrected chi connectivity index (χ4v) is 2.55. The molecule has 4 nitrogen and oxygen atoms in total. The molecule has 0 saturated carbocycles. The van der Waals surface area contributed by atoms with Crippen LogP contribution in [0, 0.1) is 11.2 Å². The minimum atomic E-state index is -1.68. The van der Waals surface area contributed by atoms with E-state index in [9.17, 15) is 19.1 Å². The van der Waals surface area contributed by atoms with E-state index in [1.165, 1.54) is 18.2 Å². The van der Waals surface area contributed by atoms with Crippen molar-refractivity contribution < 1.29 is 23.8 Å². The van der Waals surface area contributed by atoms with E-state index < -0.39 is 23.0 Å². The van der Waals surface area contributed by atoms with Gasteiger partial charge in [0.25, 0.3) is 0 Å². The van der Waals surface area contributed by atoms with Gasteiger partial charge in [0.05, 0.1) is 13.2 Å². The number of carbonyl (C=O) groups is 2. The molecule has 1 unspecified atom stereocenters. The van der Waals surface area contributed by atoms with E-state index in [4.69, 9.17) is 4.74 Å². The summed E-state index contributed by atoms with van der Waals surface area (Å²) in [4.78, 5) is 23.4. The molecule has 0 aromatic heterocycles. The predicted molar refractivity (Wildman–Crippen MR) is 68.3 cm³/mol. The SMILES string of the molecule is O=C(O)C1(Cc2cc(Br)ccc2F)COCCC1=O. The molecule has 6 heteroatoms. The molecule has 1 saturated heterocycles. The maximum Gasteiger partial charge on any atom is 0.319 e. The number of hydrogen-bond donors (Lipinski definition) is 1. The standard InChI is InChI=1S/C13H12BrFO4/c14-9-1-2-10(15)8(5-9)6-13(12(17)18)7-19-4-3-11(13)16/h1-2,5H,3-4,6-7H2,(H,17,18). The van der Waals surface area contributed by atoms with Crippen LogP contribution in [0.5, 0.6) is 0 Å². The van der Waals surface area contributed by atoms with E-state index in [2.05, 4.69) is 15.9 Å². The van der Waals surface area contributed by atoms with Gasteiger partial charge in [-0.1, -0.05) is 15.9 Å². The minimum absolute atomic E-state index is 0.0436. The number of carboxylic acids is 1. The molecule has 2 rings (SSSR count). The second-order valence-corrected chi connectivity index (χ2v) is 5.44. The molecule has 0 spiro atoms. The molecule has 1 aromatic rings. The summed E-state index contributed by atoms with van der Waals surface area (Å²) < 4.78 is 19.5. The molecule has 1 aliphatic heterocycles. The number of carbonyl (C=O) groups excluding carboxylic acids is 1. The lowest BCUT2D eigenvalue weighted by Crippen LogP contribution is -2.48. The van der Waals surface area contributed by atoms with Crippen LogP contribution in [0.2, 0.25) is 0 Å². The van der Waals surface area contributed by atoms with Crippen molar-refractivity contribution in [1.82, 2.24) is 0 Å². The molecule has 1 N–H and O–H groups in total. The predicted octanol–water partition coefficient (Wildman–Crippen LogP) is 2.19. The number of halogens is 2. The van der Waals surface area contributed by atoms with Crippen molar-refractivity contribution in [2.45, 2.75) is 12.8 Å². The molecule has 0 bridgehead atoms. The first-order valence-electron chi connectivity index (χ1n) is 5.74. The zero-order valence-electron chi connectivity index (χ0n) is 9.99. The average molecular weight is 331 g/mol. The summed E-state index contributed by atoms with van der Waals surface area (Å²) in [6.45, 7) is 0.00193. The summed E-state index contributed by atoms with van der Waals surface area (Å²) in [6, 6.07) is 4.25. The van der Waals surface area contributed by atoms with Crippen molar-refractivity contribution in [3.05, 3.63) is 34.1 Å². The Hall–Kier alpha value is -1.27. The second-order valence-electron chi connectivity index (χ2n) is 4.53. The normalized spacial score (nSPS) is 23.4. The Bertz CT molecular complexity index is 531.